The molecule has 20 heavy (non-hydrogen) atoms. The number of halogens is 2. The van der Waals surface area contributed by atoms with E-state index in [2.05, 4.69) is 0 Å². The molecule has 0 aromatic heterocycles. The number of anilines is 1. The van der Waals surface area contributed by atoms with E-state index in [-0.39, 0.29) is 18.9 Å². The topological polar surface area (TPSA) is 66.8 Å². The number of hydrogen-bond donors (Lipinski definition) is 1. The summed E-state index contributed by atoms with van der Waals surface area (Å²) in [5.41, 5.74) is 0.176. The molecule has 0 spiro atoms. The number of aliphatic hydroxyl groups is 1. The minimum atomic E-state index is -4.69. The Labute approximate surface area is 115 Å². The van der Waals surface area contributed by atoms with E-state index in [0.29, 0.717) is 13.2 Å². The molecule has 0 amide bonds. The van der Waals surface area contributed by atoms with Crippen molar-refractivity contribution < 1.29 is 27.0 Å². The highest BCUT2D eigenvalue weighted by molar-refractivity contribution is 7.91. The Kier molecular flexibility index (Phi) is 4.56. The van der Waals surface area contributed by atoms with Crippen LogP contribution in [0, 0.1) is 0 Å². The third kappa shape index (κ3) is 2.77. The molecule has 1 fully saturated rings. The molecule has 1 atom stereocenters. The van der Waals surface area contributed by atoms with Crippen LogP contribution in [0.4, 0.5) is 14.5 Å². The number of para-hydroxylation sites is 1. The molecule has 8 heteroatoms. The Balaban J connectivity index is 2.47. The predicted molar refractivity (Wildman–Crippen MR) is 68.7 cm³/mol. The van der Waals surface area contributed by atoms with Gasteiger partial charge in [-0.05, 0) is 12.1 Å². The molecule has 1 aromatic rings. The molecular weight excluding hydrogens is 292 g/mol. The summed E-state index contributed by atoms with van der Waals surface area (Å²) in [5, 5.41) is 9.31. The third-order valence-electron chi connectivity index (χ3n) is 3.15. The molecule has 2 rings (SSSR count). The first kappa shape index (κ1) is 15.1. The second-order valence-corrected chi connectivity index (χ2v) is 6.26. The van der Waals surface area contributed by atoms with E-state index >= 15 is 0 Å². The molecule has 1 aliphatic rings. The van der Waals surface area contributed by atoms with Crippen LogP contribution in [0.1, 0.15) is 0 Å². The van der Waals surface area contributed by atoms with Crippen LogP contribution in [0.2, 0.25) is 0 Å². The molecule has 0 saturated carbocycles. The zero-order chi connectivity index (χ0) is 14.8. The van der Waals surface area contributed by atoms with Crippen molar-refractivity contribution in [3.63, 3.8) is 0 Å². The zero-order valence-electron chi connectivity index (χ0n) is 10.6. The molecule has 1 saturated heterocycles. The quantitative estimate of drug-likeness (QED) is 0.894. The van der Waals surface area contributed by atoms with Crippen LogP contribution in [-0.4, -0.2) is 51.7 Å². The third-order valence-corrected chi connectivity index (χ3v) is 4.58. The Morgan fingerprint density at radius 3 is 2.75 bits per heavy atom. The maximum absolute atomic E-state index is 12.7. The van der Waals surface area contributed by atoms with Gasteiger partial charge in [-0.3, -0.25) is 0 Å². The van der Waals surface area contributed by atoms with Gasteiger partial charge in [-0.2, -0.15) is 8.78 Å². The number of aliphatic hydroxyl groups excluding tert-OH is 1. The lowest BCUT2D eigenvalue weighted by Crippen LogP contribution is -2.48. The Morgan fingerprint density at radius 2 is 2.10 bits per heavy atom. The Hall–Kier alpha value is -1.25. The molecular formula is C12H15F2NO4S. The lowest BCUT2D eigenvalue weighted by molar-refractivity contribution is 0.0724. The van der Waals surface area contributed by atoms with E-state index in [1.807, 2.05) is 0 Å². The van der Waals surface area contributed by atoms with E-state index in [4.69, 9.17) is 4.74 Å². The fourth-order valence-electron chi connectivity index (χ4n) is 2.15. The van der Waals surface area contributed by atoms with Gasteiger partial charge in [0.1, 0.15) is 0 Å². The molecule has 5 nitrogen and oxygen atoms in total. The fourth-order valence-corrected chi connectivity index (χ4v) is 3.09. The first-order valence-corrected chi connectivity index (χ1v) is 7.59. The van der Waals surface area contributed by atoms with Crippen molar-refractivity contribution in [3.05, 3.63) is 24.3 Å². The monoisotopic (exact) mass is 307 g/mol. The summed E-state index contributed by atoms with van der Waals surface area (Å²) in [5.74, 6) is -3.47. The molecule has 1 unspecified atom stereocenters. The molecule has 1 aromatic carbocycles. The summed E-state index contributed by atoms with van der Waals surface area (Å²) < 4.78 is 54.1. The van der Waals surface area contributed by atoms with Gasteiger partial charge in [0, 0.05) is 6.54 Å². The zero-order valence-corrected chi connectivity index (χ0v) is 11.4. The summed E-state index contributed by atoms with van der Waals surface area (Å²) in [4.78, 5) is 1.18. The van der Waals surface area contributed by atoms with Gasteiger partial charge in [-0.15, -0.1) is 0 Å². The van der Waals surface area contributed by atoms with Crippen LogP contribution in [0.5, 0.6) is 0 Å². The number of benzene rings is 1. The van der Waals surface area contributed by atoms with E-state index in [1.54, 1.807) is 11.0 Å². The summed E-state index contributed by atoms with van der Waals surface area (Å²) in [7, 11) is -4.69. The number of hydrogen-bond acceptors (Lipinski definition) is 5. The van der Waals surface area contributed by atoms with Crippen LogP contribution in [-0.2, 0) is 14.6 Å². The summed E-state index contributed by atoms with van der Waals surface area (Å²) in [6.45, 7) is 0.656. The minimum absolute atomic E-state index is 0.176. The van der Waals surface area contributed by atoms with Crippen LogP contribution in [0.3, 0.4) is 0 Å². The average Bonchev–Trinajstić information content (AvgIpc) is 2.47. The van der Waals surface area contributed by atoms with Crippen molar-refractivity contribution in [1.82, 2.24) is 0 Å². The van der Waals surface area contributed by atoms with E-state index < -0.39 is 26.5 Å². The lowest BCUT2D eigenvalue weighted by Gasteiger charge is -2.37. The highest BCUT2D eigenvalue weighted by Gasteiger charge is 2.33. The van der Waals surface area contributed by atoms with Crippen LogP contribution in [0.15, 0.2) is 29.2 Å². The van der Waals surface area contributed by atoms with Gasteiger partial charge < -0.3 is 14.7 Å². The Morgan fingerprint density at radius 1 is 1.40 bits per heavy atom. The molecule has 1 heterocycles. The first-order valence-electron chi connectivity index (χ1n) is 6.05. The number of alkyl halides is 2. The number of nitrogens with zero attached hydrogens (tertiary/aromatic N) is 1. The van der Waals surface area contributed by atoms with Crippen LogP contribution >= 0.6 is 0 Å². The summed E-state index contributed by atoms with van der Waals surface area (Å²) in [6.07, 6.45) is 0. The van der Waals surface area contributed by atoms with Gasteiger partial charge in [0.25, 0.3) is 0 Å². The second kappa shape index (κ2) is 6.02. The predicted octanol–water partition coefficient (Wildman–Crippen LogP) is 0.880. The van der Waals surface area contributed by atoms with E-state index in [9.17, 15) is 22.3 Å². The number of morpholine rings is 1. The SMILES string of the molecule is O=S(=O)(c1ccccc1N1CCOCC1CO)C(F)F. The van der Waals surface area contributed by atoms with Gasteiger partial charge in [0.2, 0.25) is 9.84 Å². The Bertz CT molecular complexity index is 564. The van der Waals surface area contributed by atoms with Gasteiger partial charge >= 0.3 is 5.76 Å². The van der Waals surface area contributed by atoms with Crippen molar-refractivity contribution in [2.45, 2.75) is 16.7 Å². The molecule has 1 aliphatic heterocycles. The largest absolute Gasteiger partial charge is 0.394 e. The van der Waals surface area contributed by atoms with Gasteiger partial charge in [-0.1, -0.05) is 12.1 Å². The molecule has 0 radical (unpaired) electrons. The smallest absolute Gasteiger partial charge is 0.341 e. The highest BCUT2D eigenvalue weighted by atomic mass is 32.2. The fraction of sp³-hybridized carbons (Fsp3) is 0.500. The standard InChI is InChI=1S/C12H15F2NO4S/c13-12(14)20(17,18)11-4-2-1-3-10(11)15-5-6-19-8-9(15)7-16/h1-4,9,12,16H,5-8H2. The minimum Gasteiger partial charge on any atom is -0.394 e. The van der Waals surface area contributed by atoms with Gasteiger partial charge in [0.05, 0.1) is 36.4 Å². The van der Waals surface area contributed by atoms with E-state index in [1.165, 1.54) is 12.1 Å². The number of rotatable bonds is 4. The lowest BCUT2D eigenvalue weighted by atomic mass is 10.2. The van der Waals surface area contributed by atoms with E-state index in [0.717, 1.165) is 6.07 Å². The van der Waals surface area contributed by atoms with Crippen molar-refractivity contribution in [2.75, 3.05) is 31.3 Å². The second-order valence-electron chi connectivity index (χ2n) is 4.38. The van der Waals surface area contributed by atoms with Crippen molar-refractivity contribution >= 4 is 15.5 Å². The molecule has 112 valence electrons. The van der Waals surface area contributed by atoms with Gasteiger partial charge in [0.15, 0.2) is 0 Å². The van der Waals surface area contributed by atoms with Gasteiger partial charge in [-0.25, -0.2) is 8.42 Å². The average molecular weight is 307 g/mol. The highest BCUT2D eigenvalue weighted by Crippen LogP contribution is 2.31. The van der Waals surface area contributed by atoms with Crippen LogP contribution in [0.25, 0.3) is 0 Å². The maximum Gasteiger partial charge on any atom is 0.341 e. The van der Waals surface area contributed by atoms with Crippen LogP contribution < -0.4 is 4.90 Å². The molecule has 1 N–H and O–H groups in total. The first-order chi connectivity index (χ1) is 9.48. The number of ether oxygens (including phenoxy) is 1. The summed E-state index contributed by atoms with van der Waals surface area (Å²) in [6, 6.07) is 5.14. The molecule has 0 aliphatic carbocycles. The van der Waals surface area contributed by atoms with Crippen molar-refractivity contribution in [3.8, 4) is 0 Å². The normalized spacial score (nSPS) is 20.4. The number of sulfone groups is 1. The molecule has 0 bridgehead atoms. The maximum atomic E-state index is 12.7. The summed E-state index contributed by atoms with van der Waals surface area (Å²) >= 11 is 0. The van der Waals surface area contributed by atoms with Crippen molar-refractivity contribution in [2.24, 2.45) is 0 Å². The van der Waals surface area contributed by atoms with Crippen molar-refractivity contribution in [1.29, 1.82) is 0 Å².